The molecule has 0 heterocycles. The van der Waals surface area contributed by atoms with E-state index in [0.717, 1.165) is 0 Å². The molecule has 0 saturated carbocycles. The van der Waals surface area contributed by atoms with Crippen LogP contribution in [0.3, 0.4) is 0 Å². The third-order valence-electron chi connectivity index (χ3n) is 1.63. The maximum atomic E-state index is 10.9. The Morgan fingerprint density at radius 1 is 1.00 bits per heavy atom. The van der Waals surface area contributed by atoms with Crippen molar-refractivity contribution in [3.05, 3.63) is 33.4 Å². The van der Waals surface area contributed by atoms with Gasteiger partial charge in [0.15, 0.2) is 0 Å². The van der Waals surface area contributed by atoms with Crippen molar-refractivity contribution < 1.29 is 25.6 Å². The SMILES string of the molecule is CC(=O)OI(OC(C)=O)c1ccc(C(=O)O)cc1. The van der Waals surface area contributed by atoms with Gasteiger partial charge in [0, 0.05) is 0 Å². The average molecular weight is 366 g/mol. The van der Waals surface area contributed by atoms with Gasteiger partial charge in [0.2, 0.25) is 0 Å². The van der Waals surface area contributed by atoms with Crippen molar-refractivity contribution in [1.29, 1.82) is 0 Å². The van der Waals surface area contributed by atoms with Crippen molar-refractivity contribution in [2.45, 2.75) is 13.8 Å². The van der Waals surface area contributed by atoms with Crippen molar-refractivity contribution in [2.75, 3.05) is 0 Å². The molecule has 18 heavy (non-hydrogen) atoms. The van der Waals surface area contributed by atoms with Gasteiger partial charge in [0.05, 0.1) is 0 Å². The van der Waals surface area contributed by atoms with Crippen LogP contribution >= 0.6 is 20.6 Å². The van der Waals surface area contributed by atoms with Crippen LogP contribution in [0.5, 0.6) is 0 Å². The van der Waals surface area contributed by atoms with Gasteiger partial charge in [0.25, 0.3) is 0 Å². The summed E-state index contributed by atoms with van der Waals surface area (Å²) < 4.78 is 10.5. The van der Waals surface area contributed by atoms with E-state index in [2.05, 4.69) is 0 Å². The van der Waals surface area contributed by atoms with Crippen LogP contribution in [0.15, 0.2) is 24.3 Å². The summed E-state index contributed by atoms with van der Waals surface area (Å²) in [5.74, 6) is -2.13. The summed E-state index contributed by atoms with van der Waals surface area (Å²) in [5, 5.41) is 8.75. The zero-order valence-electron chi connectivity index (χ0n) is 9.68. The van der Waals surface area contributed by atoms with Gasteiger partial charge in [0.1, 0.15) is 0 Å². The molecular weight excluding hydrogens is 355 g/mol. The van der Waals surface area contributed by atoms with Crippen LogP contribution in [-0.2, 0) is 15.7 Å². The Balaban J connectivity index is 2.93. The van der Waals surface area contributed by atoms with Crippen molar-refractivity contribution in [3.63, 3.8) is 0 Å². The Hall–Kier alpha value is -1.64. The molecule has 0 atom stereocenters. The fourth-order valence-electron chi connectivity index (χ4n) is 0.998. The number of halogens is 1. The van der Waals surface area contributed by atoms with Gasteiger partial charge in [-0.25, -0.2) is 0 Å². The molecule has 1 aromatic carbocycles. The summed E-state index contributed by atoms with van der Waals surface area (Å²) in [4.78, 5) is 32.5. The van der Waals surface area contributed by atoms with Gasteiger partial charge in [-0.3, -0.25) is 0 Å². The van der Waals surface area contributed by atoms with E-state index in [4.69, 9.17) is 11.2 Å². The number of carboxylic acids is 1. The first kappa shape index (κ1) is 14.4. The molecule has 0 aliphatic carbocycles. The number of carboxylic acid groups (broad SMARTS) is 1. The monoisotopic (exact) mass is 366 g/mol. The number of aromatic carboxylic acids is 1. The van der Waals surface area contributed by atoms with Gasteiger partial charge < -0.3 is 0 Å². The minimum atomic E-state index is -2.84. The van der Waals surface area contributed by atoms with Gasteiger partial charge in [-0.1, -0.05) is 0 Å². The van der Waals surface area contributed by atoms with Crippen LogP contribution in [-0.4, -0.2) is 23.0 Å². The summed E-state index contributed by atoms with van der Waals surface area (Å²) >= 11 is -2.84. The third kappa shape index (κ3) is 4.32. The predicted octanol–water partition coefficient (Wildman–Crippen LogP) is 2.02. The Bertz CT molecular complexity index is 451. The van der Waals surface area contributed by atoms with E-state index in [1.54, 1.807) is 0 Å². The Kier molecular flexibility index (Phi) is 5.08. The van der Waals surface area contributed by atoms with Crippen molar-refractivity contribution in [3.8, 4) is 0 Å². The quantitative estimate of drug-likeness (QED) is 0.821. The normalized spacial score (nSPS) is 10.4. The fraction of sp³-hybridized carbons (Fsp3) is 0.182. The van der Waals surface area contributed by atoms with Crippen molar-refractivity contribution >= 4 is 38.6 Å². The molecule has 0 aromatic heterocycles. The summed E-state index contributed by atoms with van der Waals surface area (Å²) in [6.07, 6.45) is 0. The van der Waals surface area contributed by atoms with E-state index >= 15 is 0 Å². The van der Waals surface area contributed by atoms with Crippen LogP contribution in [0.25, 0.3) is 0 Å². The second kappa shape index (κ2) is 6.34. The number of carbonyl (C=O) groups is 3. The van der Waals surface area contributed by atoms with E-state index in [0.29, 0.717) is 3.57 Å². The van der Waals surface area contributed by atoms with E-state index < -0.39 is 38.6 Å². The molecule has 98 valence electrons. The van der Waals surface area contributed by atoms with Crippen molar-refractivity contribution in [2.24, 2.45) is 0 Å². The van der Waals surface area contributed by atoms with Gasteiger partial charge in [-0.2, -0.15) is 0 Å². The number of rotatable bonds is 4. The standard InChI is InChI=1S/C11H11IO6/c1-7(13)17-12(18-8(2)14)10-5-3-9(4-6-10)11(15)16/h3-6H,1-2H3,(H,15,16). The van der Waals surface area contributed by atoms with E-state index in [9.17, 15) is 14.4 Å². The fourth-order valence-corrected chi connectivity index (χ4v) is 3.67. The van der Waals surface area contributed by atoms with E-state index in [-0.39, 0.29) is 5.56 Å². The molecule has 1 aromatic rings. The summed E-state index contributed by atoms with van der Waals surface area (Å²) in [5.41, 5.74) is 0.111. The second-order valence-corrected chi connectivity index (χ2v) is 6.53. The third-order valence-corrected chi connectivity index (χ3v) is 5.40. The number of carbonyl (C=O) groups excluding carboxylic acids is 2. The molecule has 1 N–H and O–H groups in total. The molecule has 0 fully saturated rings. The molecule has 0 radical (unpaired) electrons. The van der Waals surface area contributed by atoms with Crippen LogP contribution in [0.1, 0.15) is 24.2 Å². The first-order valence-electron chi connectivity index (χ1n) is 4.81. The van der Waals surface area contributed by atoms with Crippen LogP contribution in [0.4, 0.5) is 0 Å². The molecule has 0 amide bonds. The molecule has 1 rings (SSSR count). The summed E-state index contributed by atoms with van der Waals surface area (Å²) in [7, 11) is 0. The van der Waals surface area contributed by atoms with Gasteiger partial charge in [-0.05, 0) is 0 Å². The van der Waals surface area contributed by atoms with Gasteiger partial charge in [-0.15, -0.1) is 0 Å². The van der Waals surface area contributed by atoms with Crippen molar-refractivity contribution in [1.82, 2.24) is 0 Å². The Labute approximate surface area is 111 Å². The molecule has 7 heteroatoms. The molecule has 0 bridgehead atoms. The Morgan fingerprint density at radius 2 is 1.44 bits per heavy atom. The van der Waals surface area contributed by atoms with E-state index in [1.165, 1.54) is 38.1 Å². The zero-order chi connectivity index (χ0) is 13.7. The van der Waals surface area contributed by atoms with Crippen LogP contribution in [0.2, 0.25) is 0 Å². The number of benzene rings is 1. The predicted molar refractivity (Wildman–Crippen MR) is 69.7 cm³/mol. The maximum absolute atomic E-state index is 10.9. The molecule has 0 aliphatic rings. The topological polar surface area (TPSA) is 89.9 Å². The molecule has 0 saturated heterocycles. The zero-order valence-corrected chi connectivity index (χ0v) is 11.8. The van der Waals surface area contributed by atoms with Crippen LogP contribution in [0, 0.1) is 3.57 Å². The first-order valence-corrected chi connectivity index (χ1v) is 7.65. The molecule has 0 unspecified atom stereocenters. The minimum absolute atomic E-state index is 0.111. The summed E-state index contributed by atoms with van der Waals surface area (Å²) in [6, 6.07) is 5.71. The van der Waals surface area contributed by atoms with Crippen LogP contribution < -0.4 is 0 Å². The number of hydrogen-bond acceptors (Lipinski definition) is 5. The van der Waals surface area contributed by atoms with E-state index in [1.807, 2.05) is 0 Å². The molecule has 0 aliphatic heterocycles. The van der Waals surface area contributed by atoms with Gasteiger partial charge >= 0.3 is 111 Å². The first-order chi connectivity index (χ1) is 8.40. The molecule has 6 nitrogen and oxygen atoms in total. The molecular formula is C11H11IO6. The Morgan fingerprint density at radius 3 is 1.78 bits per heavy atom. The second-order valence-electron chi connectivity index (χ2n) is 3.17. The number of hydrogen-bond donors (Lipinski definition) is 1. The molecule has 0 spiro atoms. The summed E-state index contributed by atoms with van der Waals surface area (Å²) in [6.45, 7) is 2.44. The average Bonchev–Trinajstić information content (AvgIpc) is 2.27.